The van der Waals surface area contributed by atoms with E-state index in [1.54, 1.807) is 0 Å². The Morgan fingerprint density at radius 3 is 2.88 bits per heavy atom. The highest BCUT2D eigenvalue weighted by Crippen LogP contribution is 2.30. The fourth-order valence-electron chi connectivity index (χ4n) is 3.75. The molecule has 0 aliphatic heterocycles. The number of halogens is 2. The number of anilines is 1. The van der Waals surface area contributed by atoms with Crippen LogP contribution in [0, 0.1) is 5.82 Å². The van der Waals surface area contributed by atoms with Gasteiger partial charge in [0.05, 0.1) is 17.4 Å². The molecule has 0 spiro atoms. The van der Waals surface area contributed by atoms with Gasteiger partial charge in [0.2, 0.25) is 5.95 Å². The van der Waals surface area contributed by atoms with Gasteiger partial charge in [-0.2, -0.15) is 0 Å². The number of hydrogen-bond acceptors (Lipinski definition) is 3. The molecule has 3 aromatic heterocycles. The van der Waals surface area contributed by atoms with Gasteiger partial charge in [0.1, 0.15) is 0 Å². The van der Waals surface area contributed by atoms with E-state index in [0.717, 1.165) is 37.3 Å². The second kappa shape index (κ2) is 6.64. The Balaban J connectivity index is 1.68. The summed E-state index contributed by atoms with van der Waals surface area (Å²) in [4.78, 5) is 10.6. The highest BCUT2D eigenvalue weighted by atomic mass is 35.5. The van der Waals surface area contributed by atoms with Crippen LogP contribution in [0.15, 0.2) is 36.8 Å². The van der Waals surface area contributed by atoms with Gasteiger partial charge in [0, 0.05) is 36.4 Å². The van der Waals surface area contributed by atoms with Crippen LogP contribution < -0.4 is 4.90 Å². The Kier molecular flexibility index (Phi) is 4.34. The molecule has 0 fully saturated rings. The average molecular weight is 359 g/mol. The molecule has 0 saturated carbocycles. The summed E-state index contributed by atoms with van der Waals surface area (Å²) in [7, 11) is 0. The molecule has 0 bridgehead atoms. The summed E-state index contributed by atoms with van der Waals surface area (Å²) in [5, 5.41) is 0.736. The highest BCUT2D eigenvalue weighted by Gasteiger charge is 2.27. The van der Waals surface area contributed by atoms with Crippen LogP contribution in [-0.4, -0.2) is 27.0 Å². The molecule has 0 amide bonds. The summed E-state index contributed by atoms with van der Waals surface area (Å²) >= 11 is 6.19. The van der Waals surface area contributed by atoms with E-state index in [9.17, 15) is 4.39 Å². The second-order valence-electron chi connectivity index (χ2n) is 6.55. The minimum atomic E-state index is -0.404. The fraction of sp³-hybridized carbons (Fsp3) is 0.368. The van der Waals surface area contributed by atoms with Crippen molar-refractivity contribution in [2.24, 2.45) is 0 Å². The van der Waals surface area contributed by atoms with Crippen LogP contribution in [0.5, 0.6) is 0 Å². The van der Waals surface area contributed by atoms with Crippen molar-refractivity contribution in [1.82, 2.24) is 14.4 Å². The molecule has 0 radical (unpaired) electrons. The molecular weight excluding hydrogens is 339 g/mol. The number of nitrogens with zero attached hydrogens (tertiary/aromatic N) is 4. The van der Waals surface area contributed by atoms with Gasteiger partial charge in [-0.1, -0.05) is 18.5 Å². The molecule has 25 heavy (non-hydrogen) atoms. The largest absolute Gasteiger partial charge is 0.337 e. The zero-order valence-corrected chi connectivity index (χ0v) is 14.9. The normalized spacial score (nSPS) is 16.8. The molecule has 3 aromatic rings. The third-order valence-corrected chi connectivity index (χ3v) is 5.10. The van der Waals surface area contributed by atoms with E-state index in [1.165, 1.54) is 29.2 Å². The van der Waals surface area contributed by atoms with Gasteiger partial charge in [-0.05, 0) is 43.0 Å². The molecule has 0 N–H and O–H groups in total. The van der Waals surface area contributed by atoms with Crippen molar-refractivity contribution in [3.63, 3.8) is 0 Å². The highest BCUT2D eigenvalue weighted by molar-refractivity contribution is 6.30. The molecule has 4 nitrogen and oxygen atoms in total. The monoisotopic (exact) mass is 358 g/mol. The predicted molar refractivity (Wildman–Crippen MR) is 97.8 cm³/mol. The number of aryl methyl sites for hydroxylation is 1. The molecule has 1 aliphatic rings. The smallest absolute Gasteiger partial charge is 0.225 e. The van der Waals surface area contributed by atoms with E-state index in [4.69, 9.17) is 11.6 Å². The third kappa shape index (κ3) is 3.09. The van der Waals surface area contributed by atoms with Crippen LogP contribution in [0.25, 0.3) is 5.52 Å². The molecule has 1 atom stereocenters. The Morgan fingerprint density at radius 1 is 1.32 bits per heavy atom. The van der Waals surface area contributed by atoms with Gasteiger partial charge in [0.15, 0.2) is 5.82 Å². The number of pyridine rings is 1. The second-order valence-corrected chi connectivity index (χ2v) is 6.99. The lowest BCUT2D eigenvalue weighted by atomic mass is 9.92. The Morgan fingerprint density at radius 2 is 2.12 bits per heavy atom. The molecular formula is C19H20ClFN4. The summed E-state index contributed by atoms with van der Waals surface area (Å²) in [6.07, 6.45) is 8.42. The lowest BCUT2D eigenvalue weighted by molar-refractivity contribution is 0.501. The topological polar surface area (TPSA) is 33.4 Å². The van der Waals surface area contributed by atoms with Gasteiger partial charge in [0.25, 0.3) is 0 Å². The van der Waals surface area contributed by atoms with Gasteiger partial charge >= 0.3 is 0 Å². The van der Waals surface area contributed by atoms with Crippen LogP contribution in [-0.2, 0) is 12.8 Å². The lowest BCUT2D eigenvalue weighted by Gasteiger charge is -2.34. The van der Waals surface area contributed by atoms with E-state index in [-0.39, 0.29) is 0 Å². The maximum atomic E-state index is 13.2. The van der Waals surface area contributed by atoms with E-state index in [0.29, 0.717) is 12.0 Å². The van der Waals surface area contributed by atoms with Crippen molar-refractivity contribution in [2.75, 3.05) is 11.4 Å². The average Bonchev–Trinajstić information content (AvgIpc) is 2.98. The number of rotatable bonds is 4. The maximum absolute atomic E-state index is 13.2. The summed E-state index contributed by atoms with van der Waals surface area (Å²) < 4.78 is 15.4. The summed E-state index contributed by atoms with van der Waals surface area (Å²) in [6, 6.07) is 6.54. The van der Waals surface area contributed by atoms with Crippen molar-refractivity contribution >= 4 is 23.1 Å². The summed E-state index contributed by atoms with van der Waals surface area (Å²) in [5.74, 6) is 0.203. The third-order valence-electron chi connectivity index (χ3n) is 4.87. The molecule has 0 saturated heterocycles. The molecule has 1 aliphatic carbocycles. The van der Waals surface area contributed by atoms with Crippen molar-refractivity contribution in [1.29, 1.82) is 0 Å². The molecule has 1 unspecified atom stereocenters. The van der Waals surface area contributed by atoms with Gasteiger partial charge in [-0.25, -0.2) is 14.4 Å². The summed E-state index contributed by atoms with van der Waals surface area (Å²) in [6.45, 7) is 2.99. The van der Waals surface area contributed by atoms with E-state index in [1.807, 2.05) is 12.3 Å². The standard InChI is InChI=1S/C19H20ClFN4/c1-2-7-24(19-22-10-15(21)11-23-19)17-5-3-13-8-16-6-4-14(20)12-25(16)18(13)9-17/h4,6,8,10-12,17H,2-3,5,7,9H2,1H3. The van der Waals surface area contributed by atoms with E-state index in [2.05, 4.69) is 38.3 Å². The Bertz CT molecular complexity index is 890. The van der Waals surface area contributed by atoms with E-state index < -0.39 is 5.82 Å². The van der Waals surface area contributed by atoms with Crippen LogP contribution >= 0.6 is 11.6 Å². The molecule has 3 heterocycles. The SMILES string of the molecule is CCCN(c1ncc(F)cn1)C1CCc2cc3ccc(Cl)cn3c2C1. The van der Waals surface area contributed by atoms with Crippen molar-refractivity contribution in [3.05, 3.63) is 58.9 Å². The Labute approximate surface area is 151 Å². The van der Waals surface area contributed by atoms with Crippen molar-refractivity contribution in [2.45, 2.75) is 38.6 Å². The van der Waals surface area contributed by atoms with Gasteiger partial charge in [-0.15, -0.1) is 0 Å². The van der Waals surface area contributed by atoms with Gasteiger partial charge < -0.3 is 9.30 Å². The Hall–Kier alpha value is -2.14. The molecule has 130 valence electrons. The van der Waals surface area contributed by atoms with Crippen LogP contribution in [0.2, 0.25) is 5.02 Å². The predicted octanol–water partition coefficient (Wildman–Crippen LogP) is 4.30. The fourth-order valence-corrected chi connectivity index (χ4v) is 3.91. The molecule has 6 heteroatoms. The first-order valence-corrected chi connectivity index (χ1v) is 9.06. The number of fused-ring (bicyclic) bond motifs is 3. The molecule has 4 rings (SSSR count). The van der Waals surface area contributed by atoms with Crippen molar-refractivity contribution in [3.8, 4) is 0 Å². The zero-order chi connectivity index (χ0) is 17.4. The minimum absolute atomic E-state index is 0.301. The first kappa shape index (κ1) is 16.3. The number of aromatic nitrogens is 3. The number of hydrogen-bond donors (Lipinski definition) is 0. The lowest BCUT2D eigenvalue weighted by Crippen LogP contribution is -2.41. The van der Waals surface area contributed by atoms with Crippen LogP contribution in [0.1, 0.15) is 31.0 Å². The van der Waals surface area contributed by atoms with Gasteiger partial charge in [-0.3, -0.25) is 0 Å². The van der Waals surface area contributed by atoms with Crippen molar-refractivity contribution < 1.29 is 4.39 Å². The quantitative estimate of drug-likeness (QED) is 0.697. The van der Waals surface area contributed by atoms with Crippen LogP contribution in [0.4, 0.5) is 10.3 Å². The minimum Gasteiger partial charge on any atom is -0.337 e. The van der Waals surface area contributed by atoms with E-state index >= 15 is 0 Å². The van der Waals surface area contributed by atoms with Crippen LogP contribution in [0.3, 0.4) is 0 Å². The summed E-state index contributed by atoms with van der Waals surface area (Å²) in [5.41, 5.74) is 3.86. The zero-order valence-electron chi connectivity index (χ0n) is 14.1. The maximum Gasteiger partial charge on any atom is 0.225 e. The first-order valence-electron chi connectivity index (χ1n) is 8.68. The molecule has 0 aromatic carbocycles. The first-order chi connectivity index (χ1) is 12.2.